The molecule has 0 fully saturated rings. The third-order valence-corrected chi connectivity index (χ3v) is 6.38. The van der Waals surface area contributed by atoms with Crippen LogP contribution in [0.3, 0.4) is 0 Å². The van der Waals surface area contributed by atoms with Crippen LogP contribution in [0.2, 0.25) is 0 Å². The molecule has 0 amide bonds. The Morgan fingerprint density at radius 1 is 1.37 bits per heavy atom. The van der Waals surface area contributed by atoms with Crippen LogP contribution in [0.25, 0.3) is 0 Å². The Kier molecular flexibility index (Phi) is 7.00. The second-order valence-electron chi connectivity index (χ2n) is 4.84. The molecule has 1 atom stereocenters. The summed E-state index contributed by atoms with van der Waals surface area (Å²) in [6.07, 6.45) is 5.55. The normalized spacial score (nSPS) is 13.7. The summed E-state index contributed by atoms with van der Waals surface area (Å²) in [7, 11) is -3.38. The molecule has 0 aliphatic carbocycles. The molecule has 1 rings (SSSR count). The molecule has 0 bridgehead atoms. The van der Waals surface area contributed by atoms with Crippen LogP contribution < -0.4 is 4.72 Å². The summed E-state index contributed by atoms with van der Waals surface area (Å²) < 4.78 is 28.1. The molecule has 6 heteroatoms. The predicted octanol–water partition coefficient (Wildman–Crippen LogP) is 4.46. The van der Waals surface area contributed by atoms with Crippen LogP contribution in [0.5, 0.6) is 0 Å². The second-order valence-corrected chi connectivity index (χ2v) is 9.16. The van der Waals surface area contributed by atoms with Gasteiger partial charge >= 0.3 is 0 Å². The maximum absolute atomic E-state index is 12.2. The molecule has 110 valence electrons. The van der Waals surface area contributed by atoms with E-state index in [1.54, 1.807) is 6.07 Å². The first-order valence-corrected chi connectivity index (χ1v) is 9.74. The average molecular weight is 368 g/mol. The van der Waals surface area contributed by atoms with Gasteiger partial charge in [0.2, 0.25) is 10.0 Å². The maximum atomic E-state index is 12.2. The van der Waals surface area contributed by atoms with Crippen LogP contribution in [0.4, 0.5) is 0 Å². The van der Waals surface area contributed by atoms with Crippen molar-refractivity contribution in [1.82, 2.24) is 4.72 Å². The van der Waals surface area contributed by atoms with Crippen molar-refractivity contribution in [1.29, 1.82) is 0 Å². The van der Waals surface area contributed by atoms with E-state index in [4.69, 9.17) is 0 Å². The summed E-state index contributed by atoms with van der Waals surface area (Å²) in [5.74, 6) is 0. The van der Waals surface area contributed by atoms with Crippen molar-refractivity contribution in [2.45, 2.75) is 63.8 Å². The van der Waals surface area contributed by atoms with Crippen LogP contribution in [0.1, 0.15) is 50.8 Å². The number of hydrogen-bond acceptors (Lipinski definition) is 3. The quantitative estimate of drug-likeness (QED) is 0.689. The zero-order chi connectivity index (χ0) is 14.5. The summed E-state index contributed by atoms with van der Waals surface area (Å²) in [5.41, 5.74) is 0. The number of thiophene rings is 1. The highest BCUT2D eigenvalue weighted by molar-refractivity contribution is 9.11. The molecular weight excluding hydrogens is 346 g/mol. The molecule has 0 radical (unpaired) electrons. The lowest BCUT2D eigenvalue weighted by Crippen LogP contribution is -2.32. The van der Waals surface area contributed by atoms with Crippen LogP contribution in [-0.4, -0.2) is 14.5 Å². The van der Waals surface area contributed by atoms with Gasteiger partial charge in [0.1, 0.15) is 0 Å². The second kappa shape index (κ2) is 7.76. The molecule has 1 unspecified atom stereocenters. The molecule has 1 N–H and O–H groups in total. The van der Waals surface area contributed by atoms with E-state index >= 15 is 0 Å². The highest BCUT2D eigenvalue weighted by Gasteiger charge is 2.21. The molecule has 0 aliphatic rings. The number of sulfonamides is 1. The molecule has 3 nitrogen and oxygen atoms in total. The van der Waals surface area contributed by atoms with E-state index in [9.17, 15) is 8.42 Å². The van der Waals surface area contributed by atoms with Gasteiger partial charge in [0.25, 0.3) is 0 Å². The van der Waals surface area contributed by atoms with E-state index in [2.05, 4.69) is 27.6 Å². The minimum Gasteiger partial charge on any atom is -0.208 e. The van der Waals surface area contributed by atoms with Gasteiger partial charge in [-0.3, -0.25) is 0 Å². The number of aryl methyl sites for hydroxylation is 1. The SMILES string of the molecule is CCCCCCC(C)NS(=O)(=O)c1cc(Br)sc1C. The van der Waals surface area contributed by atoms with Gasteiger partial charge < -0.3 is 0 Å². The van der Waals surface area contributed by atoms with Crippen LogP contribution in [0, 0.1) is 6.92 Å². The summed E-state index contributed by atoms with van der Waals surface area (Å²) in [6, 6.07) is 1.66. The first kappa shape index (κ1) is 17.1. The summed E-state index contributed by atoms with van der Waals surface area (Å²) in [4.78, 5) is 1.21. The summed E-state index contributed by atoms with van der Waals surface area (Å²) in [6.45, 7) is 5.93. The Balaban J connectivity index is 2.57. The number of rotatable bonds is 8. The maximum Gasteiger partial charge on any atom is 0.241 e. The molecular formula is C13H22BrNO2S2. The van der Waals surface area contributed by atoms with E-state index in [1.165, 1.54) is 30.6 Å². The average Bonchev–Trinajstić information content (AvgIpc) is 2.64. The van der Waals surface area contributed by atoms with Crippen molar-refractivity contribution >= 4 is 37.3 Å². The van der Waals surface area contributed by atoms with Gasteiger partial charge in [-0.2, -0.15) is 0 Å². The van der Waals surface area contributed by atoms with Gasteiger partial charge in [0.15, 0.2) is 0 Å². The van der Waals surface area contributed by atoms with Crippen molar-refractivity contribution in [2.75, 3.05) is 0 Å². The minimum absolute atomic E-state index is 0.0140. The van der Waals surface area contributed by atoms with Gasteiger partial charge in [-0.1, -0.05) is 32.6 Å². The van der Waals surface area contributed by atoms with E-state index < -0.39 is 10.0 Å². The van der Waals surface area contributed by atoms with E-state index in [-0.39, 0.29) is 6.04 Å². The van der Waals surface area contributed by atoms with E-state index in [0.717, 1.165) is 21.5 Å². The number of halogens is 1. The van der Waals surface area contributed by atoms with Crippen molar-refractivity contribution in [3.8, 4) is 0 Å². The standard InChI is InChI=1S/C13H22BrNO2S2/c1-4-5-6-7-8-10(2)15-19(16,17)12-9-13(14)18-11(12)3/h9-10,15H,4-8H2,1-3H3. The lowest BCUT2D eigenvalue weighted by atomic mass is 10.1. The lowest BCUT2D eigenvalue weighted by Gasteiger charge is -2.13. The predicted molar refractivity (Wildman–Crippen MR) is 85.3 cm³/mol. The van der Waals surface area contributed by atoms with Gasteiger partial charge in [-0.05, 0) is 42.3 Å². The fourth-order valence-corrected chi connectivity index (χ4v) is 5.65. The van der Waals surface area contributed by atoms with Crippen LogP contribution >= 0.6 is 27.3 Å². The Labute approximate surface area is 129 Å². The Morgan fingerprint density at radius 2 is 2.05 bits per heavy atom. The first-order valence-electron chi connectivity index (χ1n) is 6.65. The molecule has 0 saturated heterocycles. The third-order valence-electron chi connectivity index (χ3n) is 2.98. The minimum atomic E-state index is -3.38. The van der Waals surface area contributed by atoms with Crippen molar-refractivity contribution in [3.05, 3.63) is 14.7 Å². The first-order chi connectivity index (χ1) is 8.86. The molecule has 0 aromatic carbocycles. The largest absolute Gasteiger partial charge is 0.241 e. The number of nitrogens with one attached hydrogen (secondary N) is 1. The lowest BCUT2D eigenvalue weighted by molar-refractivity contribution is 0.522. The van der Waals surface area contributed by atoms with Gasteiger partial charge in [-0.25, -0.2) is 13.1 Å². The highest BCUT2D eigenvalue weighted by Crippen LogP contribution is 2.29. The molecule has 19 heavy (non-hydrogen) atoms. The summed E-state index contributed by atoms with van der Waals surface area (Å²) >= 11 is 4.77. The summed E-state index contributed by atoms with van der Waals surface area (Å²) in [5, 5.41) is 0. The smallest absolute Gasteiger partial charge is 0.208 e. The fourth-order valence-electron chi connectivity index (χ4n) is 1.96. The number of unbranched alkanes of at least 4 members (excludes halogenated alkanes) is 3. The third kappa shape index (κ3) is 5.53. The van der Waals surface area contributed by atoms with E-state index in [1.807, 2.05) is 13.8 Å². The monoisotopic (exact) mass is 367 g/mol. The van der Waals surface area contributed by atoms with Crippen molar-refractivity contribution < 1.29 is 8.42 Å². The van der Waals surface area contributed by atoms with Crippen molar-refractivity contribution in [2.24, 2.45) is 0 Å². The van der Waals surface area contributed by atoms with Gasteiger partial charge in [-0.15, -0.1) is 11.3 Å². The molecule has 1 heterocycles. The van der Waals surface area contributed by atoms with Crippen LogP contribution in [0.15, 0.2) is 14.7 Å². The van der Waals surface area contributed by atoms with Gasteiger partial charge in [0.05, 0.1) is 8.68 Å². The highest BCUT2D eigenvalue weighted by atomic mass is 79.9. The zero-order valence-corrected chi connectivity index (χ0v) is 14.9. The Hall–Kier alpha value is 0.0900. The molecule has 0 spiro atoms. The molecule has 0 aliphatic heterocycles. The molecule has 1 aromatic rings. The topological polar surface area (TPSA) is 46.2 Å². The van der Waals surface area contributed by atoms with Crippen LogP contribution in [-0.2, 0) is 10.0 Å². The molecule has 0 saturated carbocycles. The van der Waals surface area contributed by atoms with E-state index in [0.29, 0.717) is 4.90 Å². The zero-order valence-electron chi connectivity index (χ0n) is 11.7. The number of hydrogen-bond donors (Lipinski definition) is 1. The molecule has 1 aromatic heterocycles. The Morgan fingerprint density at radius 3 is 2.58 bits per heavy atom. The fraction of sp³-hybridized carbons (Fsp3) is 0.692. The van der Waals surface area contributed by atoms with Crippen molar-refractivity contribution in [3.63, 3.8) is 0 Å². The Bertz CT molecular complexity index is 497. The van der Waals surface area contributed by atoms with Gasteiger partial charge in [0, 0.05) is 10.9 Å².